The Balaban J connectivity index is 0.00000324. The second-order valence-electron chi connectivity index (χ2n) is 4.17. The van der Waals surface area contributed by atoms with E-state index in [1.807, 2.05) is 19.2 Å². The molecular weight excluding hydrogens is 286 g/mol. The lowest BCUT2D eigenvalue weighted by molar-refractivity contribution is -0.122. The summed E-state index contributed by atoms with van der Waals surface area (Å²) in [6.45, 7) is 4.37. The van der Waals surface area contributed by atoms with Crippen LogP contribution in [0.4, 0.5) is 0 Å². The number of nitrogens with two attached hydrogens (primary N) is 1. The van der Waals surface area contributed by atoms with Gasteiger partial charge in [0.1, 0.15) is 11.1 Å². The maximum Gasteiger partial charge on any atom is 0.237 e. The molecule has 0 radical (unpaired) electrons. The first kappa shape index (κ1) is 18.3. The van der Waals surface area contributed by atoms with E-state index in [0.717, 1.165) is 17.1 Å². The van der Waals surface area contributed by atoms with Gasteiger partial charge in [-0.2, -0.15) is 0 Å². The number of rotatable bonds is 7. The highest BCUT2D eigenvalue weighted by atomic mass is 35.5. The normalized spacial score (nSPS) is 13.5. The van der Waals surface area contributed by atoms with Crippen LogP contribution in [-0.4, -0.2) is 24.0 Å². The molecule has 2 unspecified atom stereocenters. The molecule has 0 saturated carbocycles. The van der Waals surface area contributed by atoms with E-state index in [1.54, 1.807) is 7.11 Å². The Kier molecular flexibility index (Phi) is 8.92. The number of aromatic nitrogens is 1. The largest absolute Gasteiger partial charge is 0.375 e. The van der Waals surface area contributed by atoms with Crippen LogP contribution in [0.5, 0.6) is 0 Å². The van der Waals surface area contributed by atoms with Crippen molar-refractivity contribution in [3.8, 4) is 0 Å². The number of carbonyl (C=O) groups is 1. The summed E-state index contributed by atoms with van der Waals surface area (Å²) < 4.78 is 5.19. The Morgan fingerprint density at radius 1 is 1.63 bits per heavy atom. The number of nitrogens with one attached hydrogen (secondary N) is 1. The Hall–Kier alpha value is -0.690. The minimum Gasteiger partial charge on any atom is -0.375 e. The fraction of sp³-hybridized carbons (Fsp3) is 0.667. The number of carbonyl (C=O) groups excluding carboxylic acids is 1. The lowest BCUT2D eigenvalue weighted by Gasteiger charge is -2.10. The van der Waals surface area contributed by atoms with Crippen molar-refractivity contribution in [1.29, 1.82) is 0 Å². The first-order valence-corrected chi connectivity index (χ1v) is 6.96. The summed E-state index contributed by atoms with van der Waals surface area (Å²) in [6, 6.07) is -0.425. The standard InChI is InChI=1S/C12H21N3O2S.ClH/c1-4-5-10(13)11(16)14-6-9-7-18-12(15-9)8(2)17-3;/h7-8,10H,4-6,13H2,1-3H3,(H,14,16);1H. The van der Waals surface area contributed by atoms with E-state index in [1.165, 1.54) is 11.3 Å². The van der Waals surface area contributed by atoms with Gasteiger partial charge < -0.3 is 15.8 Å². The summed E-state index contributed by atoms with van der Waals surface area (Å²) in [5.74, 6) is -0.119. The minimum atomic E-state index is -0.425. The Labute approximate surface area is 124 Å². The second kappa shape index (κ2) is 9.25. The van der Waals surface area contributed by atoms with Gasteiger partial charge >= 0.3 is 0 Å². The number of nitrogens with zero attached hydrogens (tertiary/aromatic N) is 1. The quantitative estimate of drug-likeness (QED) is 0.808. The zero-order chi connectivity index (χ0) is 13.5. The van der Waals surface area contributed by atoms with E-state index in [2.05, 4.69) is 10.3 Å². The molecule has 110 valence electrons. The van der Waals surface area contributed by atoms with Crippen LogP contribution in [0.2, 0.25) is 0 Å². The van der Waals surface area contributed by atoms with Crippen LogP contribution in [0, 0.1) is 0 Å². The van der Waals surface area contributed by atoms with Gasteiger partial charge in [0.05, 0.1) is 18.3 Å². The minimum absolute atomic E-state index is 0. The predicted octanol–water partition coefficient (Wildman–Crippen LogP) is 2.02. The van der Waals surface area contributed by atoms with Crippen LogP contribution >= 0.6 is 23.7 Å². The van der Waals surface area contributed by atoms with Crippen LogP contribution in [-0.2, 0) is 16.1 Å². The van der Waals surface area contributed by atoms with Crippen molar-refractivity contribution in [3.05, 3.63) is 16.1 Å². The highest BCUT2D eigenvalue weighted by molar-refractivity contribution is 7.09. The summed E-state index contributed by atoms with van der Waals surface area (Å²) in [4.78, 5) is 16.0. The molecule has 7 heteroatoms. The number of thiazole rings is 1. The predicted molar refractivity (Wildman–Crippen MR) is 79.5 cm³/mol. The van der Waals surface area contributed by atoms with Gasteiger partial charge in [0, 0.05) is 12.5 Å². The fourth-order valence-corrected chi connectivity index (χ4v) is 2.29. The molecule has 0 bridgehead atoms. The van der Waals surface area contributed by atoms with Crippen molar-refractivity contribution in [3.63, 3.8) is 0 Å². The molecule has 1 aromatic heterocycles. The lowest BCUT2D eigenvalue weighted by Crippen LogP contribution is -2.40. The average Bonchev–Trinajstić information content (AvgIpc) is 2.84. The molecule has 0 aliphatic heterocycles. The van der Waals surface area contributed by atoms with Crippen LogP contribution in [0.1, 0.15) is 43.5 Å². The molecule has 1 aromatic rings. The number of halogens is 1. The third kappa shape index (κ3) is 5.86. The molecule has 0 aliphatic carbocycles. The molecule has 0 saturated heterocycles. The summed E-state index contributed by atoms with van der Waals surface area (Å²) in [5.41, 5.74) is 6.56. The SMILES string of the molecule is CCCC(N)C(=O)NCc1csc(C(C)OC)n1.Cl. The molecule has 2 atom stereocenters. The number of methoxy groups -OCH3 is 1. The van der Waals surface area contributed by atoms with Crippen LogP contribution in [0.3, 0.4) is 0 Å². The molecule has 1 rings (SSSR count). The lowest BCUT2D eigenvalue weighted by atomic mass is 10.2. The number of amides is 1. The van der Waals surface area contributed by atoms with Gasteiger partial charge in [-0.1, -0.05) is 13.3 Å². The van der Waals surface area contributed by atoms with Crippen molar-refractivity contribution in [1.82, 2.24) is 10.3 Å². The van der Waals surface area contributed by atoms with Crippen LogP contribution in [0.15, 0.2) is 5.38 Å². The van der Waals surface area contributed by atoms with Crippen LogP contribution in [0.25, 0.3) is 0 Å². The first-order valence-electron chi connectivity index (χ1n) is 6.08. The molecular formula is C12H22ClN3O2S. The van der Waals surface area contributed by atoms with Gasteiger partial charge in [0.15, 0.2) is 0 Å². The van der Waals surface area contributed by atoms with E-state index in [0.29, 0.717) is 13.0 Å². The van der Waals surface area contributed by atoms with Crippen molar-refractivity contribution >= 4 is 29.7 Å². The molecule has 0 aliphatic rings. The van der Waals surface area contributed by atoms with Crippen LogP contribution < -0.4 is 11.1 Å². The zero-order valence-electron chi connectivity index (χ0n) is 11.5. The van der Waals surface area contributed by atoms with E-state index in [4.69, 9.17) is 10.5 Å². The second-order valence-corrected chi connectivity index (χ2v) is 5.06. The van der Waals surface area contributed by atoms with E-state index in [9.17, 15) is 4.79 Å². The molecule has 1 heterocycles. The topological polar surface area (TPSA) is 77.2 Å². The van der Waals surface area contributed by atoms with Gasteiger partial charge in [-0.15, -0.1) is 23.7 Å². The summed E-state index contributed by atoms with van der Waals surface area (Å²) in [7, 11) is 1.65. The average molecular weight is 308 g/mol. The number of hydrogen-bond donors (Lipinski definition) is 2. The monoisotopic (exact) mass is 307 g/mol. The summed E-state index contributed by atoms with van der Waals surface area (Å²) >= 11 is 1.53. The van der Waals surface area contributed by atoms with Gasteiger partial charge in [-0.3, -0.25) is 4.79 Å². The molecule has 19 heavy (non-hydrogen) atoms. The summed E-state index contributed by atoms with van der Waals surface area (Å²) in [5, 5.41) is 5.64. The van der Waals surface area contributed by atoms with Crippen molar-refractivity contribution in [2.24, 2.45) is 5.73 Å². The molecule has 0 fully saturated rings. The third-order valence-corrected chi connectivity index (χ3v) is 3.71. The van der Waals surface area contributed by atoms with E-state index < -0.39 is 6.04 Å². The Morgan fingerprint density at radius 3 is 2.89 bits per heavy atom. The van der Waals surface area contributed by atoms with Crippen molar-refractivity contribution < 1.29 is 9.53 Å². The zero-order valence-corrected chi connectivity index (χ0v) is 13.1. The highest BCUT2D eigenvalue weighted by Crippen LogP contribution is 2.20. The van der Waals surface area contributed by atoms with E-state index in [-0.39, 0.29) is 24.4 Å². The number of ether oxygens (including phenoxy) is 1. The van der Waals surface area contributed by atoms with Crippen molar-refractivity contribution in [2.45, 2.75) is 45.4 Å². The molecule has 5 nitrogen and oxygen atoms in total. The number of hydrogen-bond acceptors (Lipinski definition) is 5. The van der Waals surface area contributed by atoms with Gasteiger partial charge in [-0.05, 0) is 13.3 Å². The summed E-state index contributed by atoms with van der Waals surface area (Å²) in [6.07, 6.45) is 1.59. The maximum absolute atomic E-state index is 11.6. The molecule has 0 spiro atoms. The molecule has 0 aromatic carbocycles. The van der Waals surface area contributed by atoms with Gasteiger partial charge in [-0.25, -0.2) is 4.98 Å². The fourth-order valence-electron chi connectivity index (χ4n) is 1.44. The van der Waals surface area contributed by atoms with E-state index >= 15 is 0 Å². The maximum atomic E-state index is 11.6. The Morgan fingerprint density at radius 2 is 2.32 bits per heavy atom. The highest BCUT2D eigenvalue weighted by Gasteiger charge is 2.13. The van der Waals surface area contributed by atoms with Gasteiger partial charge in [0.2, 0.25) is 5.91 Å². The van der Waals surface area contributed by atoms with Crippen molar-refractivity contribution in [2.75, 3.05) is 7.11 Å². The third-order valence-electron chi connectivity index (χ3n) is 2.65. The smallest absolute Gasteiger partial charge is 0.237 e. The van der Waals surface area contributed by atoms with Gasteiger partial charge in [0.25, 0.3) is 0 Å². The molecule has 1 amide bonds. The Bertz CT molecular complexity index is 387. The first-order chi connectivity index (χ1) is 8.58. The molecule has 3 N–H and O–H groups in total.